The average molecular weight is 354 g/mol. The smallest absolute Gasteiger partial charge is 0.261 e. The molecule has 1 aliphatic rings. The van der Waals surface area contributed by atoms with E-state index in [2.05, 4.69) is 10.3 Å². The highest BCUT2D eigenvalue weighted by Gasteiger charge is 2.17. The zero-order valence-corrected chi connectivity index (χ0v) is 15.4. The summed E-state index contributed by atoms with van der Waals surface area (Å²) >= 11 is 0. The number of carbonyl (C=O) groups is 1. The summed E-state index contributed by atoms with van der Waals surface area (Å²) in [6, 6.07) is 11.5. The second kappa shape index (κ2) is 8.70. The van der Waals surface area contributed by atoms with Crippen molar-refractivity contribution in [2.24, 2.45) is 0 Å². The van der Waals surface area contributed by atoms with Gasteiger partial charge in [-0.2, -0.15) is 0 Å². The first-order valence-corrected chi connectivity index (χ1v) is 9.23. The van der Waals surface area contributed by atoms with Gasteiger partial charge in [0.25, 0.3) is 5.91 Å². The largest absolute Gasteiger partial charge is 0.481 e. The number of ether oxygens (including phenoxy) is 2. The van der Waals surface area contributed by atoms with Crippen LogP contribution in [-0.2, 0) is 11.3 Å². The number of amides is 1. The Morgan fingerprint density at radius 1 is 1.27 bits per heavy atom. The Labute approximate surface area is 154 Å². The Kier molecular flexibility index (Phi) is 6.10. The molecule has 1 amide bonds. The van der Waals surface area contributed by atoms with E-state index >= 15 is 0 Å². The molecule has 1 heterocycles. The van der Waals surface area contributed by atoms with E-state index in [1.165, 1.54) is 12.8 Å². The van der Waals surface area contributed by atoms with Crippen molar-refractivity contribution in [2.45, 2.75) is 58.3 Å². The Morgan fingerprint density at radius 2 is 2.08 bits per heavy atom. The van der Waals surface area contributed by atoms with Crippen molar-refractivity contribution >= 4 is 5.91 Å². The highest BCUT2D eigenvalue weighted by Crippen LogP contribution is 2.23. The topological polar surface area (TPSA) is 60.5 Å². The Hall–Kier alpha value is -2.56. The normalized spacial score (nSPS) is 15.5. The van der Waals surface area contributed by atoms with Crippen LogP contribution in [-0.4, -0.2) is 23.1 Å². The van der Waals surface area contributed by atoms with Gasteiger partial charge in [0.05, 0.1) is 0 Å². The lowest BCUT2D eigenvalue weighted by molar-refractivity contribution is -0.127. The van der Waals surface area contributed by atoms with E-state index in [1.54, 1.807) is 13.1 Å². The maximum absolute atomic E-state index is 12.3. The summed E-state index contributed by atoms with van der Waals surface area (Å²) in [5, 5.41) is 2.91. The first-order chi connectivity index (χ1) is 12.6. The van der Waals surface area contributed by atoms with E-state index in [9.17, 15) is 4.79 Å². The molecular weight excluding hydrogens is 328 g/mol. The molecule has 26 heavy (non-hydrogen) atoms. The number of carbonyl (C=O) groups excluding carboxylic acids is 1. The Bertz CT molecular complexity index is 742. The van der Waals surface area contributed by atoms with Gasteiger partial charge in [0.2, 0.25) is 5.88 Å². The molecule has 1 atom stereocenters. The first-order valence-electron chi connectivity index (χ1n) is 9.23. The minimum Gasteiger partial charge on any atom is -0.481 e. The second-order valence-electron chi connectivity index (χ2n) is 6.82. The molecule has 2 aromatic rings. The van der Waals surface area contributed by atoms with Crippen LogP contribution >= 0.6 is 0 Å². The third kappa shape index (κ3) is 5.22. The molecule has 5 nitrogen and oxygen atoms in total. The molecule has 1 saturated carbocycles. The number of hydrogen-bond acceptors (Lipinski definition) is 4. The van der Waals surface area contributed by atoms with E-state index in [-0.39, 0.29) is 12.0 Å². The van der Waals surface area contributed by atoms with Gasteiger partial charge in [0.15, 0.2) is 6.10 Å². The zero-order valence-electron chi connectivity index (χ0n) is 15.4. The van der Waals surface area contributed by atoms with Crippen LogP contribution in [0.1, 0.15) is 43.7 Å². The van der Waals surface area contributed by atoms with Gasteiger partial charge in [0.1, 0.15) is 11.9 Å². The monoisotopic (exact) mass is 354 g/mol. The summed E-state index contributed by atoms with van der Waals surface area (Å²) in [7, 11) is 0. The molecule has 1 aliphatic carbocycles. The molecule has 3 rings (SSSR count). The molecule has 1 unspecified atom stereocenters. The number of rotatable bonds is 7. The zero-order chi connectivity index (χ0) is 18.4. The number of aromatic nitrogens is 1. The number of benzene rings is 1. The molecule has 0 bridgehead atoms. The van der Waals surface area contributed by atoms with Gasteiger partial charge in [-0.1, -0.05) is 12.1 Å². The van der Waals surface area contributed by atoms with Crippen LogP contribution in [0.4, 0.5) is 0 Å². The van der Waals surface area contributed by atoms with E-state index in [1.807, 2.05) is 43.3 Å². The third-order valence-electron chi connectivity index (χ3n) is 4.53. The fourth-order valence-electron chi connectivity index (χ4n) is 3.08. The number of aryl methyl sites for hydroxylation is 1. The summed E-state index contributed by atoms with van der Waals surface area (Å²) in [4.78, 5) is 16.6. The molecule has 1 aromatic heterocycles. The summed E-state index contributed by atoms with van der Waals surface area (Å²) in [5.74, 6) is 1.18. The lowest BCUT2D eigenvalue weighted by atomic mass is 10.2. The minimum atomic E-state index is -0.562. The molecule has 0 spiro atoms. The SMILES string of the molecule is Cc1cccc(OC(C)C(=O)NCc2ccnc(OC3CCCC3)c2)c1. The van der Waals surface area contributed by atoms with E-state index in [4.69, 9.17) is 9.47 Å². The molecule has 5 heteroatoms. The van der Waals surface area contributed by atoms with Crippen molar-refractivity contribution in [3.05, 3.63) is 53.7 Å². The predicted molar refractivity (Wildman–Crippen MR) is 100 cm³/mol. The maximum Gasteiger partial charge on any atom is 0.261 e. The molecule has 1 fully saturated rings. The Balaban J connectivity index is 1.50. The predicted octanol–water partition coefficient (Wildman–Crippen LogP) is 3.80. The standard InChI is InChI=1S/C21H26N2O3/c1-15-6-5-9-19(12-15)25-16(2)21(24)23-14-17-10-11-22-20(13-17)26-18-7-3-4-8-18/h5-6,9-13,16,18H,3-4,7-8,14H2,1-2H3,(H,23,24). The molecule has 138 valence electrons. The second-order valence-corrected chi connectivity index (χ2v) is 6.82. The van der Waals surface area contributed by atoms with Gasteiger partial charge in [-0.3, -0.25) is 4.79 Å². The molecule has 0 aliphatic heterocycles. The van der Waals surface area contributed by atoms with Crippen molar-refractivity contribution in [1.82, 2.24) is 10.3 Å². The first kappa shape index (κ1) is 18.2. The molecule has 1 N–H and O–H groups in total. The summed E-state index contributed by atoms with van der Waals surface area (Å²) in [6.45, 7) is 4.16. The number of nitrogens with one attached hydrogen (secondary N) is 1. The summed E-state index contributed by atoms with van der Waals surface area (Å²) in [6.07, 6.45) is 6.06. The van der Waals surface area contributed by atoms with Crippen molar-refractivity contribution in [3.63, 3.8) is 0 Å². The van der Waals surface area contributed by atoms with Crippen LogP contribution in [0.15, 0.2) is 42.6 Å². The molecule has 0 radical (unpaired) electrons. The van der Waals surface area contributed by atoms with Crippen molar-refractivity contribution in [2.75, 3.05) is 0 Å². The fourth-order valence-corrected chi connectivity index (χ4v) is 3.08. The number of nitrogens with zero attached hydrogens (tertiary/aromatic N) is 1. The molecular formula is C21H26N2O3. The van der Waals surface area contributed by atoms with E-state index in [0.29, 0.717) is 18.2 Å². The van der Waals surface area contributed by atoms with Gasteiger partial charge < -0.3 is 14.8 Å². The maximum atomic E-state index is 12.3. The quantitative estimate of drug-likeness (QED) is 0.822. The van der Waals surface area contributed by atoms with Crippen molar-refractivity contribution in [3.8, 4) is 11.6 Å². The van der Waals surface area contributed by atoms with Gasteiger partial charge in [-0.25, -0.2) is 4.98 Å². The summed E-state index contributed by atoms with van der Waals surface area (Å²) < 4.78 is 11.6. The number of hydrogen-bond donors (Lipinski definition) is 1. The van der Waals surface area contributed by atoms with Crippen LogP contribution < -0.4 is 14.8 Å². The Morgan fingerprint density at radius 3 is 2.85 bits per heavy atom. The lowest BCUT2D eigenvalue weighted by Gasteiger charge is -2.16. The minimum absolute atomic E-state index is 0.151. The summed E-state index contributed by atoms with van der Waals surface area (Å²) in [5.41, 5.74) is 2.06. The number of pyridine rings is 1. The molecule has 0 saturated heterocycles. The van der Waals surface area contributed by atoms with E-state index < -0.39 is 6.10 Å². The van der Waals surface area contributed by atoms with Crippen LogP contribution in [0.25, 0.3) is 0 Å². The third-order valence-corrected chi connectivity index (χ3v) is 4.53. The lowest BCUT2D eigenvalue weighted by Crippen LogP contribution is -2.35. The molecule has 1 aromatic carbocycles. The van der Waals surface area contributed by atoms with Crippen LogP contribution in [0.3, 0.4) is 0 Å². The average Bonchev–Trinajstić information content (AvgIpc) is 3.13. The highest BCUT2D eigenvalue weighted by molar-refractivity contribution is 5.80. The van der Waals surface area contributed by atoms with Crippen LogP contribution in [0.2, 0.25) is 0 Å². The van der Waals surface area contributed by atoms with Crippen LogP contribution in [0.5, 0.6) is 11.6 Å². The fraction of sp³-hybridized carbons (Fsp3) is 0.429. The van der Waals surface area contributed by atoms with Gasteiger partial charge in [-0.05, 0) is 68.9 Å². The van der Waals surface area contributed by atoms with Gasteiger partial charge in [0, 0.05) is 18.8 Å². The van der Waals surface area contributed by atoms with Crippen molar-refractivity contribution < 1.29 is 14.3 Å². The van der Waals surface area contributed by atoms with Gasteiger partial charge >= 0.3 is 0 Å². The van der Waals surface area contributed by atoms with Gasteiger partial charge in [-0.15, -0.1) is 0 Å². The van der Waals surface area contributed by atoms with Crippen LogP contribution in [0, 0.1) is 6.92 Å². The van der Waals surface area contributed by atoms with E-state index in [0.717, 1.165) is 24.0 Å². The van der Waals surface area contributed by atoms with Crippen molar-refractivity contribution in [1.29, 1.82) is 0 Å². The highest BCUT2D eigenvalue weighted by atomic mass is 16.5.